The number of unbranched alkanes of at least 4 members (excludes halogenated alkanes) is 15. The van der Waals surface area contributed by atoms with Crippen LogP contribution in [0.25, 0.3) is 0 Å². The van der Waals surface area contributed by atoms with Gasteiger partial charge in [-0.3, -0.25) is 18.6 Å². The molecule has 0 radical (unpaired) electrons. The molecule has 5 saturated heterocycles. The van der Waals surface area contributed by atoms with Crippen LogP contribution in [-0.4, -0.2) is 147 Å². The van der Waals surface area contributed by atoms with E-state index >= 15 is 0 Å². The molecule has 21 unspecified atom stereocenters. The normalized spacial score (nSPS) is 35.9. The maximum atomic E-state index is 14.2. The smallest absolute Gasteiger partial charge is 0.462 e. The lowest BCUT2D eigenvalue weighted by Crippen LogP contribution is -2.49. The number of rotatable bonds is 35. The van der Waals surface area contributed by atoms with Gasteiger partial charge in [0, 0.05) is 79.6 Å². The van der Waals surface area contributed by atoms with E-state index in [2.05, 4.69) is 76.7 Å². The van der Waals surface area contributed by atoms with Gasteiger partial charge in [0.2, 0.25) is 0 Å². The highest BCUT2D eigenvalue weighted by Gasteiger charge is 2.59. The molecule has 0 spiro atoms. The number of hydrogen-bond acceptors (Lipinski definition) is 13. The summed E-state index contributed by atoms with van der Waals surface area (Å²) in [5, 5.41) is 29.0. The van der Waals surface area contributed by atoms with Crippen LogP contribution in [0.15, 0.2) is 0 Å². The molecule has 8 bridgehead atoms. The van der Waals surface area contributed by atoms with E-state index in [9.17, 15) is 24.2 Å². The molecule has 0 amide bonds. The van der Waals surface area contributed by atoms with Gasteiger partial charge in [-0.1, -0.05) is 151 Å². The number of nitrogens with one attached hydrogen (secondary N) is 4. The summed E-state index contributed by atoms with van der Waals surface area (Å²) in [4.78, 5) is 37.9. The number of phosphoric ester groups is 1. The van der Waals surface area contributed by atoms with Crippen LogP contribution in [0.5, 0.6) is 0 Å². The summed E-state index contributed by atoms with van der Waals surface area (Å²) in [6, 6.07) is 2.17. The molecule has 0 aromatic heterocycles. The van der Waals surface area contributed by atoms with Crippen molar-refractivity contribution in [1.82, 2.24) is 21.3 Å². The second kappa shape index (κ2) is 32.9. The van der Waals surface area contributed by atoms with Crippen molar-refractivity contribution < 1.29 is 51.9 Å². The van der Waals surface area contributed by atoms with Crippen LogP contribution in [0.2, 0.25) is 0 Å². The highest BCUT2D eigenvalue weighted by Crippen LogP contribution is 2.51. The van der Waals surface area contributed by atoms with Crippen molar-refractivity contribution in [3.8, 4) is 0 Å². The Balaban J connectivity index is 1.12. The van der Waals surface area contributed by atoms with E-state index in [-0.39, 0.29) is 86.0 Å². The molecule has 79 heavy (non-hydrogen) atoms. The largest absolute Gasteiger partial charge is 0.472 e. The van der Waals surface area contributed by atoms with E-state index in [1.807, 2.05) is 21.1 Å². The van der Waals surface area contributed by atoms with Gasteiger partial charge < -0.3 is 50.0 Å². The molecule has 6 N–H and O–H groups in total. The number of likely N-dealkylation sites (N-methyl/N-ethyl adjacent to an activating group) is 1. The van der Waals surface area contributed by atoms with Crippen molar-refractivity contribution in [2.45, 2.75) is 283 Å². The van der Waals surface area contributed by atoms with Crippen molar-refractivity contribution in [3.63, 3.8) is 0 Å². The first-order valence-electron chi connectivity index (χ1n) is 32.9. The summed E-state index contributed by atoms with van der Waals surface area (Å²) in [6.45, 7) is 19.4. The molecule has 16 heteroatoms. The average molecular weight is 1140 g/mol. The lowest BCUT2D eigenvalue weighted by atomic mass is 9.76. The second-order valence-electron chi connectivity index (χ2n) is 27.4. The van der Waals surface area contributed by atoms with Crippen molar-refractivity contribution in [1.29, 1.82) is 0 Å². The van der Waals surface area contributed by atoms with Gasteiger partial charge in [-0.05, 0) is 93.3 Å². The van der Waals surface area contributed by atoms with Crippen LogP contribution in [0.3, 0.4) is 0 Å². The molecule has 15 nitrogen and oxygen atoms in total. The van der Waals surface area contributed by atoms with E-state index in [0.29, 0.717) is 84.0 Å². The number of hydrogen-bond donors (Lipinski definition) is 6. The number of aliphatic hydroxyl groups is 1. The number of nitrogens with zero attached hydrogens (tertiary/aromatic N) is 1. The van der Waals surface area contributed by atoms with Crippen LogP contribution in [0.4, 0.5) is 0 Å². The van der Waals surface area contributed by atoms with Gasteiger partial charge in [-0.15, -0.1) is 0 Å². The Morgan fingerprint density at radius 3 is 1.78 bits per heavy atom. The fourth-order valence-corrected chi connectivity index (χ4v) is 16.8. The molecule has 6 fully saturated rings. The lowest BCUT2D eigenvalue weighted by Gasteiger charge is -2.32. The van der Waals surface area contributed by atoms with Crippen LogP contribution in [0, 0.1) is 53.3 Å². The van der Waals surface area contributed by atoms with Gasteiger partial charge >= 0.3 is 19.8 Å². The van der Waals surface area contributed by atoms with Gasteiger partial charge in [0.25, 0.3) is 0 Å². The zero-order chi connectivity index (χ0) is 57.3. The van der Waals surface area contributed by atoms with Gasteiger partial charge in [0.1, 0.15) is 19.8 Å². The van der Waals surface area contributed by atoms with Gasteiger partial charge in [0.15, 0.2) is 6.10 Å². The molecular formula is C63H119N5O10P+. The Labute approximate surface area is 481 Å². The quantitative estimate of drug-likeness (QED) is 0.0152. The Kier molecular flexibility index (Phi) is 27.8. The molecule has 0 aromatic rings. The number of quaternary nitrogens is 1. The predicted octanol–water partition coefficient (Wildman–Crippen LogP) is 10.9. The van der Waals surface area contributed by atoms with Crippen LogP contribution < -0.4 is 21.3 Å². The standard InChI is InChI=1S/C63H118N5O10P/c1-12-15-17-19-20-21-22-23-24-25-26-27-28-30-58(70)75-40-47(41-77-79(72,73)76-35-33-68(9,10)11)78-59(71)32-31-49-43(5)52-37-53-44(6)60(46(8)74-34-29-18-16-13-2)56(65-53)39-51-42(4)48(14-3)55(64-51)38-54-45(7)61-57(69)36-50(62(49)66-52)63(61)67-54/h42-57,60-67,69H,12-41H2,1-11H3/p+1. The van der Waals surface area contributed by atoms with Crippen LogP contribution in [0.1, 0.15) is 216 Å². The summed E-state index contributed by atoms with van der Waals surface area (Å²) >= 11 is 0. The van der Waals surface area contributed by atoms with Crippen molar-refractivity contribution in [3.05, 3.63) is 0 Å². The topological polar surface area (TPSA) is 186 Å². The van der Waals surface area contributed by atoms with E-state index in [0.717, 1.165) is 51.6 Å². The number of carbonyl (C=O) groups is 2. The lowest BCUT2D eigenvalue weighted by molar-refractivity contribution is -0.870. The Morgan fingerprint density at radius 2 is 1.14 bits per heavy atom. The third kappa shape index (κ3) is 19.9. The monoisotopic (exact) mass is 1140 g/mol. The fourth-order valence-electron chi connectivity index (χ4n) is 16.1. The van der Waals surface area contributed by atoms with Gasteiger partial charge in [-0.2, -0.15) is 0 Å². The fraction of sp³-hybridized carbons (Fsp3) is 0.968. The van der Waals surface area contributed by atoms with E-state index in [1.54, 1.807) is 0 Å². The number of carbonyl (C=O) groups excluding carboxylic acids is 2. The van der Waals surface area contributed by atoms with Gasteiger partial charge in [-0.25, -0.2) is 4.57 Å². The summed E-state index contributed by atoms with van der Waals surface area (Å²) < 4.78 is 42.8. The first-order valence-corrected chi connectivity index (χ1v) is 34.4. The predicted molar refractivity (Wildman–Crippen MR) is 316 cm³/mol. The minimum atomic E-state index is -4.50. The zero-order valence-electron chi connectivity index (χ0n) is 51.8. The SMILES string of the molecule is CCCCCCCCCCCCCCCC(=O)OCC(COP(=O)(O)OCC[N+](C)(C)C)OC(=O)CCC1C(C)C2CC3NC(CC4NC(CC5NC6C(CC(O)C6C5C)C1N2)C(CC)C4C)C(C(C)OCCCCCC)C3C. The molecule has 460 valence electrons. The third-order valence-electron chi connectivity index (χ3n) is 20.8. The molecule has 5 aliphatic heterocycles. The number of fused-ring (bicyclic) bond motifs is 8. The van der Waals surface area contributed by atoms with Crippen LogP contribution in [-0.2, 0) is 37.4 Å². The number of aliphatic hydroxyl groups excluding tert-OH is 1. The summed E-state index contributed by atoms with van der Waals surface area (Å²) in [7, 11) is 1.38. The highest BCUT2D eigenvalue weighted by molar-refractivity contribution is 7.47. The first kappa shape index (κ1) is 66.9. The van der Waals surface area contributed by atoms with Crippen molar-refractivity contribution >= 4 is 19.8 Å². The van der Waals surface area contributed by atoms with Gasteiger partial charge in [0.05, 0.1) is 40.0 Å². The Bertz CT molecular complexity index is 1830. The second-order valence-corrected chi connectivity index (χ2v) is 28.9. The zero-order valence-corrected chi connectivity index (χ0v) is 52.7. The molecule has 6 aliphatic rings. The van der Waals surface area contributed by atoms with Crippen molar-refractivity contribution in [2.75, 3.05) is 54.1 Å². The molecule has 5 heterocycles. The third-order valence-corrected chi connectivity index (χ3v) is 21.7. The number of phosphoric acid groups is 1. The van der Waals surface area contributed by atoms with E-state index in [1.165, 1.54) is 83.5 Å². The number of esters is 2. The van der Waals surface area contributed by atoms with Crippen LogP contribution >= 0.6 is 7.82 Å². The summed E-state index contributed by atoms with van der Waals surface area (Å²) in [5.74, 6) is 2.11. The average Bonchev–Trinajstić information content (AvgIpc) is 4.35. The highest BCUT2D eigenvalue weighted by atomic mass is 31.2. The number of ether oxygens (including phenoxy) is 3. The molecule has 0 aromatic carbocycles. The maximum Gasteiger partial charge on any atom is 0.472 e. The molecule has 21 atom stereocenters. The molecule has 1 aliphatic carbocycles. The first-order chi connectivity index (χ1) is 37.7. The minimum absolute atomic E-state index is 0.000728. The Morgan fingerprint density at radius 1 is 0.595 bits per heavy atom. The molecule has 6 rings (SSSR count). The Hall–Kier alpha value is -1.23. The summed E-state index contributed by atoms with van der Waals surface area (Å²) in [5.41, 5.74) is 0. The molecular weight excluding hydrogens is 1020 g/mol. The van der Waals surface area contributed by atoms with E-state index in [4.69, 9.17) is 23.3 Å². The minimum Gasteiger partial charge on any atom is -0.462 e. The van der Waals surface area contributed by atoms with Crippen molar-refractivity contribution in [2.24, 2.45) is 53.3 Å². The van der Waals surface area contributed by atoms with E-state index < -0.39 is 32.6 Å². The molecule has 1 saturated carbocycles. The summed E-state index contributed by atoms with van der Waals surface area (Å²) in [6.07, 6.45) is 25.0. The maximum absolute atomic E-state index is 14.2.